The Morgan fingerprint density at radius 3 is 2.66 bits per heavy atom. The predicted octanol–water partition coefficient (Wildman–Crippen LogP) is 4.80. The van der Waals surface area contributed by atoms with Crippen LogP contribution in [0.4, 0.5) is 0 Å². The Kier molecular flexibility index (Phi) is 5.81. The fourth-order valence-corrected chi connectivity index (χ4v) is 4.02. The summed E-state index contributed by atoms with van der Waals surface area (Å²) in [6, 6.07) is 16.0. The molecule has 1 aromatic carbocycles. The minimum Gasteiger partial charge on any atom is -0.340 e. The maximum Gasteiger partial charge on any atom is 0.253 e. The number of nitrogens with one attached hydrogen (secondary N) is 1. The molecule has 146 valence electrons. The van der Waals surface area contributed by atoms with Crippen molar-refractivity contribution in [2.24, 2.45) is 0 Å². The fraction of sp³-hybridized carbons (Fsp3) is 0.174. The van der Waals surface area contributed by atoms with Crippen molar-refractivity contribution in [1.29, 1.82) is 0 Å². The summed E-state index contributed by atoms with van der Waals surface area (Å²) >= 11 is 1.64. The second-order valence-electron chi connectivity index (χ2n) is 6.79. The molecule has 4 rings (SSSR count). The van der Waals surface area contributed by atoms with Gasteiger partial charge < -0.3 is 5.32 Å². The van der Waals surface area contributed by atoms with Crippen LogP contribution in [-0.4, -0.2) is 20.4 Å². The monoisotopic (exact) mass is 402 g/mol. The molecular weight excluding hydrogens is 380 g/mol. The van der Waals surface area contributed by atoms with Gasteiger partial charge in [-0.05, 0) is 41.1 Å². The van der Waals surface area contributed by atoms with Gasteiger partial charge in [-0.3, -0.25) is 9.36 Å². The van der Waals surface area contributed by atoms with Gasteiger partial charge in [0.15, 0.2) is 0 Å². The van der Waals surface area contributed by atoms with Gasteiger partial charge in [-0.2, -0.15) is 0 Å². The Morgan fingerprint density at radius 1 is 1.17 bits per heavy atom. The molecule has 1 unspecified atom stereocenters. The Morgan fingerprint density at radius 2 is 2.03 bits per heavy atom. The smallest absolute Gasteiger partial charge is 0.253 e. The summed E-state index contributed by atoms with van der Waals surface area (Å²) in [6.45, 7) is 2.18. The molecule has 29 heavy (non-hydrogen) atoms. The molecule has 1 amide bonds. The largest absolute Gasteiger partial charge is 0.340 e. The number of pyridine rings is 1. The standard InChI is InChI=1S/C23H22N4OS/c1-2-4-17-6-8-18(9-7-17)22(20-5-3-14-29-20)26-23(28)19-10-11-21(25-15-19)27-13-12-24-16-27/h3,5-16,22H,2,4H2,1H3,(H,26,28). The van der Waals surface area contributed by atoms with Gasteiger partial charge in [-0.15, -0.1) is 11.3 Å². The van der Waals surface area contributed by atoms with Crippen LogP contribution >= 0.6 is 11.3 Å². The molecule has 0 saturated heterocycles. The number of hydrogen-bond donors (Lipinski definition) is 1. The van der Waals surface area contributed by atoms with Crippen molar-refractivity contribution in [2.45, 2.75) is 25.8 Å². The summed E-state index contributed by atoms with van der Waals surface area (Å²) in [6.07, 6.45) is 8.96. The summed E-state index contributed by atoms with van der Waals surface area (Å²) in [7, 11) is 0. The number of rotatable bonds is 7. The lowest BCUT2D eigenvalue weighted by molar-refractivity contribution is 0.0943. The third-order valence-electron chi connectivity index (χ3n) is 4.73. The molecule has 5 nitrogen and oxygen atoms in total. The second-order valence-corrected chi connectivity index (χ2v) is 7.77. The molecule has 0 spiro atoms. The number of aromatic nitrogens is 3. The number of benzene rings is 1. The lowest BCUT2D eigenvalue weighted by Crippen LogP contribution is -2.29. The molecule has 0 radical (unpaired) electrons. The number of amides is 1. The minimum atomic E-state index is -0.188. The van der Waals surface area contributed by atoms with Gasteiger partial charge in [0.2, 0.25) is 0 Å². The number of imidazole rings is 1. The van der Waals surface area contributed by atoms with E-state index in [-0.39, 0.29) is 11.9 Å². The van der Waals surface area contributed by atoms with E-state index in [4.69, 9.17) is 0 Å². The Bertz CT molecular complexity index is 1040. The molecule has 1 atom stereocenters. The first-order valence-electron chi connectivity index (χ1n) is 9.62. The number of carbonyl (C=O) groups excluding carboxylic acids is 1. The summed E-state index contributed by atoms with van der Waals surface area (Å²) in [5.41, 5.74) is 2.91. The molecule has 0 bridgehead atoms. The number of nitrogens with zero attached hydrogens (tertiary/aromatic N) is 3. The van der Waals surface area contributed by atoms with Crippen molar-refractivity contribution < 1.29 is 4.79 Å². The highest BCUT2D eigenvalue weighted by atomic mass is 32.1. The zero-order valence-electron chi connectivity index (χ0n) is 16.2. The first kappa shape index (κ1) is 19.1. The summed E-state index contributed by atoms with van der Waals surface area (Å²) in [4.78, 5) is 22.4. The van der Waals surface area contributed by atoms with Crippen molar-refractivity contribution in [1.82, 2.24) is 19.9 Å². The van der Waals surface area contributed by atoms with Crippen molar-refractivity contribution >= 4 is 17.2 Å². The fourth-order valence-electron chi connectivity index (χ4n) is 3.22. The Hall–Kier alpha value is -3.25. The van der Waals surface area contributed by atoms with E-state index in [0.717, 1.165) is 29.1 Å². The van der Waals surface area contributed by atoms with Crippen LogP contribution in [0.3, 0.4) is 0 Å². The molecule has 0 aliphatic rings. The minimum absolute atomic E-state index is 0.147. The Balaban J connectivity index is 1.55. The van der Waals surface area contributed by atoms with Gasteiger partial charge in [0, 0.05) is 23.5 Å². The SMILES string of the molecule is CCCc1ccc(C(NC(=O)c2ccc(-n3ccnc3)nc2)c2cccs2)cc1. The van der Waals surface area contributed by atoms with Crippen LogP contribution in [-0.2, 0) is 6.42 Å². The highest BCUT2D eigenvalue weighted by Gasteiger charge is 2.19. The molecule has 0 aliphatic carbocycles. The zero-order valence-corrected chi connectivity index (χ0v) is 17.0. The zero-order chi connectivity index (χ0) is 20.1. The summed E-state index contributed by atoms with van der Waals surface area (Å²) < 4.78 is 1.80. The average Bonchev–Trinajstić information content (AvgIpc) is 3.47. The van der Waals surface area contributed by atoms with E-state index >= 15 is 0 Å². The van der Waals surface area contributed by atoms with Crippen molar-refractivity contribution in [3.8, 4) is 5.82 Å². The second kappa shape index (κ2) is 8.84. The van der Waals surface area contributed by atoms with E-state index in [0.29, 0.717) is 5.56 Å². The average molecular weight is 403 g/mol. The number of thiophene rings is 1. The molecule has 3 heterocycles. The normalized spacial score (nSPS) is 11.9. The molecule has 0 fully saturated rings. The molecular formula is C23H22N4OS. The maximum absolute atomic E-state index is 12.9. The van der Waals surface area contributed by atoms with Crippen LogP contribution in [0.5, 0.6) is 0 Å². The van der Waals surface area contributed by atoms with Gasteiger partial charge in [-0.1, -0.05) is 43.7 Å². The summed E-state index contributed by atoms with van der Waals surface area (Å²) in [5.74, 6) is 0.575. The molecule has 0 aliphatic heterocycles. The molecule has 3 aromatic heterocycles. The van der Waals surface area contributed by atoms with Gasteiger partial charge in [0.25, 0.3) is 5.91 Å². The van der Waals surface area contributed by atoms with Gasteiger partial charge in [0.05, 0.1) is 11.6 Å². The van der Waals surface area contributed by atoms with E-state index in [1.54, 1.807) is 40.7 Å². The van der Waals surface area contributed by atoms with Crippen LogP contribution < -0.4 is 5.32 Å². The molecule has 4 aromatic rings. The lowest BCUT2D eigenvalue weighted by Gasteiger charge is -2.18. The topological polar surface area (TPSA) is 59.8 Å². The Labute approximate surface area is 174 Å². The molecule has 6 heteroatoms. The van der Waals surface area contributed by atoms with Crippen molar-refractivity contribution in [3.05, 3.63) is 100 Å². The van der Waals surface area contributed by atoms with Crippen LogP contribution in [0.25, 0.3) is 5.82 Å². The highest BCUT2D eigenvalue weighted by Crippen LogP contribution is 2.27. The van der Waals surface area contributed by atoms with Gasteiger partial charge in [0.1, 0.15) is 12.1 Å². The summed E-state index contributed by atoms with van der Waals surface area (Å²) in [5, 5.41) is 5.20. The van der Waals surface area contributed by atoms with E-state index in [2.05, 4.69) is 52.5 Å². The van der Waals surface area contributed by atoms with Gasteiger partial charge in [-0.25, -0.2) is 9.97 Å². The van der Waals surface area contributed by atoms with E-state index in [1.807, 2.05) is 23.7 Å². The number of hydrogen-bond acceptors (Lipinski definition) is 4. The van der Waals surface area contributed by atoms with E-state index < -0.39 is 0 Å². The first-order chi connectivity index (χ1) is 14.2. The third-order valence-corrected chi connectivity index (χ3v) is 5.67. The van der Waals surface area contributed by atoms with Gasteiger partial charge >= 0.3 is 0 Å². The number of aryl methyl sites for hydroxylation is 1. The van der Waals surface area contributed by atoms with Crippen LogP contribution in [0.2, 0.25) is 0 Å². The van der Waals surface area contributed by atoms with Crippen molar-refractivity contribution in [3.63, 3.8) is 0 Å². The quantitative estimate of drug-likeness (QED) is 0.483. The first-order valence-corrected chi connectivity index (χ1v) is 10.5. The van der Waals surface area contributed by atoms with Crippen LogP contribution in [0.15, 0.2) is 78.8 Å². The lowest BCUT2D eigenvalue weighted by atomic mass is 10.0. The van der Waals surface area contributed by atoms with E-state index in [9.17, 15) is 4.79 Å². The highest BCUT2D eigenvalue weighted by molar-refractivity contribution is 7.10. The third kappa shape index (κ3) is 4.43. The molecule has 1 N–H and O–H groups in total. The van der Waals surface area contributed by atoms with Crippen molar-refractivity contribution in [2.75, 3.05) is 0 Å². The maximum atomic E-state index is 12.9. The molecule has 0 saturated carbocycles. The van der Waals surface area contributed by atoms with E-state index in [1.165, 1.54) is 5.56 Å². The number of carbonyl (C=O) groups is 1. The predicted molar refractivity (Wildman–Crippen MR) is 115 cm³/mol. The van der Waals surface area contributed by atoms with Crippen LogP contribution in [0, 0.1) is 0 Å². The van der Waals surface area contributed by atoms with Crippen LogP contribution in [0.1, 0.15) is 45.7 Å².